The highest BCUT2D eigenvalue weighted by Crippen LogP contribution is 2.26. The van der Waals surface area contributed by atoms with Crippen LogP contribution in [0.1, 0.15) is 32.1 Å². The van der Waals surface area contributed by atoms with Crippen molar-refractivity contribution in [2.24, 2.45) is 0 Å². The molecule has 2 amide bonds. The predicted molar refractivity (Wildman–Crippen MR) is 97.1 cm³/mol. The number of sulfonamides is 1. The molecule has 6 nitrogen and oxygen atoms in total. The monoisotopic (exact) mass is 403 g/mol. The maximum absolute atomic E-state index is 14.2. The second kappa shape index (κ2) is 8.10. The van der Waals surface area contributed by atoms with Gasteiger partial charge in [-0.2, -0.15) is 4.31 Å². The molecule has 2 aliphatic rings. The zero-order valence-corrected chi connectivity index (χ0v) is 16.0. The van der Waals surface area contributed by atoms with Crippen molar-refractivity contribution < 1.29 is 17.6 Å². The van der Waals surface area contributed by atoms with E-state index in [0.29, 0.717) is 19.4 Å². The van der Waals surface area contributed by atoms with E-state index in [4.69, 9.17) is 11.6 Å². The molecule has 0 saturated carbocycles. The molecule has 2 fully saturated rings. The molecular weight excluding hydrogens is 381 g/mol. The largest absolute Gasteiger partial charge is 0.334 e. The van der Waals surface area contributed by atoms with Gasteiger partial charge < -0.3 is 10.2 Å². The van der Waals surface area contributed by atoms with Crippen LogP contribution in [0.5, 0.6) is 0 Å². The van der Waals surface area contributed by atoms with E-state index >= 15 is 0 Å². The summed E-state index contributed by atoms with van der Waals surface area (Å²) in [6, 6.07) is 3.51. The summed E-state index contributed by atoms with van der Waals surface area (Å²) in [5.41, 5.74) is 0. The highest BCUT2D eigenvalue weighted by molar-refractivity contribution is 7.89. The minimum atomic E-state index is -4.00. The number of carbonyl (C=O) groups excluding carboxylic acids is 1. The first-order valence-corrected chi connectivity index (χ1v) is 10.7. The van der Waals surface area contributed by atoms with Gasteiger partial charge in [-0.15, -0.1) is 0 Å². The van der Waals surface area contributed by atoms with Crippen molar-refractivity contribution in [3.05, 3.63) is 29.0 Å². The Hall–Kier alpha value is -1.38. The highest BCUT2D eigenvalue weighted by Gasteiger charge is 2.33. The molecule has 0 spiro atoms. The Labute approximate surface area is 158 Å². The molecule has 2 aliphatic heterocycles. The number of hydrogen-bond acceptors (Lipinski definition) is 3. The molecule has 144 valence electrons. The molecule has 1 aromatic carbocycles. The van der Waals surface area contributed by atoms with Gasteiger partial charge in [0.1, 0.15) is 4.90 Å². The number of piperidine rings is 2. The zero-order chi connectivity index (χ0) is 18.7. The lowest BCUT2D eigenvalue weighted by Gasteiger charge is -2.34. The fraction of sp³-hybridized carbons (Fsp3) is 0.588. The van der Waals surface area contributed by atoms with E-state index < -0.39 is 20.7 Å². The normalized spacial score (nSPS) is 22.2. The van der Waals surface area contributed by atoms with Crippen molar-refractivity contribution in [1.82, 2.24) is 14.5 Å². The van der Waals surface area contributed by atoms with Gasteiger partial charge in [0.2, 0.25) is 10.0 Å². The Bertz CT molecular complexity index is 769. The summed E-state index contributed by atoms with van der Waals surface area (Å²) in [5, 5.41) is 2.71. The molecule has 9 heteroatoms. The van der Waals surface area contributed by atoms with Crippen molar-refractivity contribution in [3.8, 4) is 0 Å². The third-order valence-electron chi connectivity index (χ3n) is 4.89. The summed E-state index contributed by atoms with van der Waals surface area (Å²) in [5.74, 6) is -0.936. The molecule has 3 rings (SSSR count). The number of amides is 2. The highest BCUT2D eigenvalue weighted by atomic mass is 35.5. The van der Waals surface area contributed by atoms with Crippen LogP contribution in [0.3, 0.4) is 0 Å². The Kier molecular flexibility index (Phi) is 6.04. The molecule has 0 radical (unpaired) electrons. The van der Waals surface area contributed by atoms with Crippen molar-refractivity contribution in [2.75, 3.05) is 26.2 Å². The average molecular weight is 404 g/mol. The molecular formula is C17H23ClFN3O3S. The van der Waals surface area contributed by atoms with Gasteiger partial charge in [0.15, 0.2) is 5.82 Å². The van der Waals surface area contributed by atoms with Crippen LogP contribution in [0.4, 0.5) is 9.18 Å². The summed E-state index contributed by atoms with van der Waals surface area (Å²) in [6.45, 7) is 1.89. The maximum Gasteiger partial charge on any atom is 0.317 e. The fourth-order valence-corrected chi connectivity index (χ4v) is 5.31. The van der Waals surface area contributed by atoms with Crippen molar-refractivity contribution >= 4 is 27.7 Å². The van der Waals surface area contributed by atoms with Crippen molar-refractivity contribution in [3.63, 3.8) is 0 Å². The molecule has 1 atom stereocenters. The van der Waals surface area contributed by atoms with E-state index in [1.807, 2.05) is 0 Å². The lowest BCUT2D eigenvalue weighted by Crippen LogP contribution is -2.53. The molecule has 0 aliphatic carbocycles. The summed E-state index contributed by atoms with van der Waals surface area (Å²) in [4.78, 5) is 13.7. The number of benzene rings is 1. The molecule has 1 N–H and O–H groups in total. The molecule has 0 unspecified atom stereocenters. The first-order valence-electron chi connectivity index (χ1n) is 8.89. The Morgan fingerprint density at radius 1 is 1.15 bits per heavy atom. The van der Waals surface area contributed by atoms with Crippen LogP contribution < -0.4 is 5.32 Å². The molecule has 26 heavy (non-hydrogen) atoms. The van der Waals surface area contributed by atoms with E-state index in [2.05, 4.69) is 5.32 Å². The smallest absolute Gasteiger partial charge is 0.317 e. The number of nitrogens with one attached hydrogen (secondary N) is 1. The van der Waals surface area contributed by atoms with Crippen LogP contribution in [0, 0.1) is 5.82 Å². The fourth-order valence-electron chi connectivity index (χ4n) is 3.46. The van der Waals surface area contributed by atoms with Gasteiger partial charge in [-0.3, -0.25) is 0 Å². The van der Waals surface area contributed by atoms with E-state index in [0.717, 1.165) is 32.4 Å². The summed E-state index contributed by atoms with van der Waals surface area (Å²) >= 11 is 5.72. The SMILES string of the molecule is O=C(N[C@H]1CCCN(S(=O)(=O)c2cccc(Cl)c2F)C1)N1CCCCC1. The first-order chi connectivity index (χ1) is 12.4. The van der Waals surface area contributed by atoms with Gasteiger partial charge in [0, 0.05) is 32.2 Å². The van der Waals surface area contributed by atoms with Gasteiger partial charge >= 0.3 is 6.03 Å². The minimum Gasteiger partial charge on any atom is -0.334 e. The van der Waals surface area contributed by atoms with Crippen molar-refractivity contribution in [2.45, 2.75) is 43.0 Å². The number of likely N-dealkylation sites (tertiary alicyclic amines) is 1. The van der Waals surface area contributed by atoms with Crippen LogP contribution in [0.15, 0.2) is 23.1 Å². The lowest BCUT2D eigenvalue weighted by molar-refractivity contribution is 0.176. The summed E-state index contributed by atoms with van der Waals surface area (Å²) < 4.78 is 41.0. The molecule has 2 heterocycles. The summed E-state index contributed by atoms with van der Waals surface area (Å²) in [7, 11) is -4.00. The van der Waals surface area contributed by atoms with Gasteiger partial charge in [-0.25, -0.2) is 17.6 Å². The lowest BCUT2D eigenvalue weighted by atomic mass is 10.1. The van der Waals surface area contributed by atoms with E-state index in [-0.39, 0.29) is 23.6 Å². The minimum absolute atomic E-state index is 0.133. The number of urea groups is 1. The van der Waals surface area contributed by atoms with E-state index in [1.54, 1.807) is 4.90 Å². The standard InChI is InChI=1S/C17H23ClFN3O3S/c18-14-7-4-8-15(16(14)19)26(24,25)22-11-5-6-13(12-22)20-17(23)21-9-2-1-3-10-21/h4,7-8,13H,1-3,5-6,9-12H2,(H,20,23)/t13-/m0/s1. The van der Waals surface area contributed by atoms with Crippen molar-refractivity contribution in [1.29, 1.82) is 0 Å². The van der Waals surface area contributed by atoms with Crippen LogP contribution in [0.2, 0.25) is 5.02 Å². The number of carbonyl (C=O) groups is 1. The second-order valence-electron chi connectivity index (χ2n) is 6.75. The molecule has 0 bridgehead atoms. The first kappa shape index (κ1) is 19.4. The van der Waals surface area contributed by atoms with Crippen LogP contribution >= 0.6 is 11.6 Å². The van der Waals surface area contributed by atoms with Crippen LogP contribution in [-0.2, 0) is 10.0 Å². The molecule has 1 aromatic rings. The van der Waals surface area contributed by atoms with E-state index in [9.17, 15) is 17.6 Å². The predicted octanol–water partition coefficient (Wildman–Crippen LogP) is 2.83. The van der Waals surface area contributed by atoms with E-state index in [1.165, 1.54) is 22.5 Å². The Balaban J connectivity index is 1.69. The van der Waals surface area contributed by atoms with Gasteiger partial charge in [0.25, 0.3) is 0 Å². The quantitative estimate of drug-likeness (QED) is 0.843. The number of rotatable bonds is 3. The molecule has 2 saturated heterocycles. The zero-order valence-electron chi connectivity index (χ0n) is 14.5. The van der Waals surface area contributed by atoms with Crippen LogP contribution in [-0.4, -0.2) is 55.9 Å². The summed E-state index contributed by atoms with van der Waals surface area (Å²) in [6.07, 6.45) is 4.42. The van der Waals surface area contributed by atoms with Gasteiger partial charge in [0.05, 0.1) is 5.02 Å². The average Bonchev–Trinajstić information content (AvgIpc) is 2.65. The number of nitrogens with zero attached hydrogens (tertiary/aromatic N) is 2. The third kappa shape index (κ3) is 4.13. The topological polar surface area (TPSA) is 69.7 Å². The van der Waals surface area contributed by atoms with Crippen LogP contribution in [0.25, 0.3) is 0 Å². The number of halogens is 2. The number of hydrogen-bond donors (Lipinski definition) is 1. The Morgan fingerprint density at radius 3 is 2.62 bits per heavy atom. The van der Waals surface area contributed by atoms with Gasteiger partial charge in [-0.05, 0) is 44.2 Å². The third-order valence-corrected chi connectivity index (χ3v) is 7.06. The maximum atomic E-state index is 14.2. The Morgan fingerprint density at radius 2 is 1.88 bits per heavy atom. The van der Waals surface area contributed by atoms with Gasteiger partial charge in [-0.1, -0.05) is 17.7 Å². The molecule has 0 aromatic heterocycles. The second-order valence-corrected chi connectivity index (χ2v) is 9.06.